The minimum Gasteiger partial charge on any atom is -0.495 e. The molecule has 0 unspecified atom stereocenters. The second kappa shape index (κ2) is 9.22. The molecule has 8 nitrogen and oxygen atoms in total. The third-order valence-electron chi connectivity index (χ3n) is 5.00. The average molecular weight is 472 g/mol. The lowest BCUT2D eigenvalue weighted by Crippen LogP contribution is -2.24. The quantitative estimate of drug-likeness (QED) is 0.405. The van der Waals surface area contributed by atoms with Crippen LogP contribution in [0.3, 0.4) is 0 Å². The zero-order chi connectivity index (χ0) is 22.8. The summed E-state index contributed by atoms with van der Waals surface area (Å²) in [5.74, 6) is 0.739. The number of thioether (sulfide) groups is 1. The molecule has 0 radical (unpaired) electrons. The predicted octanol–water partition coefficient (Wildman–Crippen LogP) is 4.24. The predicted molar refractivity (Wildman–Crippen MR) is 127 cm³/mol. The molecule has 2 aromatic carbocycles. The van der Waals surface area contributed by atoms with Gasteiger partial charge in [0, 0.05) is 11.6 Å². The molecule has 1 N–H and O–H groups in total. The van der Waals surface area contributed by atoms with Crippen molar-refractivity contribution in [3.8, 4) is 5.75 Å². The summed E-state index contributed by atoms with van der Waals surface area (Å²) < 4.78 is 8.76. The van der Waals surface area contributed by atoms with Crippen LogP contribution in [0.25, 0.3) is 16.7 Å². The van der Waals surface area contributed by atoms with Gasteiger partial charge < -0.3 is 10.1 Å². The monoisotopic (exact) mass is 471 g/mol. The first kappa shape index (κ1) is 22.2. The molecule has 0 aliphatic rings. The fraction of sp³-hybridized carbons (Fsp3) is 0.273. The minimum atomic E-state index is -0.503. The fourth-order valence-electron chi connectivity index (χ4n) is 3.46. The highest BCUT2D eigenvalue weighted by Gasteiger charge is 2.22. The van der Waals surface area contributed by atoms with E-state index in [0.29, 0.717) is 44.8 Å². The van der Waals surface area contributed by atoms with Crippen molar-refractivity contribution in [1.29, 1.82) is 0 Å². The number of hydrogen-bond acceptors (Lipinski definition) is 6. The first-order chi connectivity index (χ1) is 15.4. The van der Waals surface area contributed by atoms with E-state index in [9.17, 15) is 9.59 Å². The summed E-state index contributed by atoms with van der Waals surface area (Å²) in [5, 5.41) is 12.5. The number of carbonyl (C=O) groups is 1. The molecule has 166 valence electrons. The zero-order valence-corrected chi connectivity index (χ0v) is 19.4. The van der Waals surface area contributed by atoms with Crippen molar-refractivity contribution < 1.29 is 9.53 Å². The van der Waals surface area contributed by atoms with Gasteiger partial charge in [0.25, 0.3) is 5.56 Å². The van der Waals surface area contributed by atoms with Gasteiger partial charge in [-0.15, -0.1) is 10.2 Å². The molecule has 0 fully saturated rings. The molecule has 10 heteroatoms. The lowest BCUT2D eigenvalue weighted by molar-refractivity contribution is -0.115. The fourth-order valence-corrected chi connectivity index (χ4v) is 4.49. The molecule has 0 aliphatic carbocycles. The lowest BCUT2D eigenvalue weighted by Gasteiger charge is -2.14. The number of methoxy groups -OCH3 is 1. The van der Waals surface area contributed by atoms with E-state index in [4.69, 9.17) is 16.3 Å². The number of nitrogens with zero attached hydrogens (tertiary/aromatic N) is 4. The number of amides is 1. The van der Waals surface area contributed by atoms with Crippen LogP contribution < -0.4 is 15.6 Å². The largest absolute Gasteiger partial charge is 0.495 e. The number of halogens is 1. The van der Waals surface area contributed by atoms with E-state index in [2.05, 4.69) is 15.5 Å². The molecule has 0 spiro atoms. The maximum Gasteiger partial charge on any atom is 0.262 e. The topological polar surface area (TPSA) is 90.5 Å². The van der Waals surface area contributed by atoms with Crippen LogP contribution in [-0.4, -0.2) is 37.4 Å². The van der Waals surface area contributed by atoms with Gasteiger partial charge in [0.2, 0.25) is 11.7 Å². The SMILES string of the molecule is CCCn1c(=O)c2ccccc2n2c(S[C@H](C)C(=O)Nc3cc(Cl)ccc3OC)nnc12. The van der Waals surface area contributed by atoms with Gasteiger partial charge in [0.1, 0.15) is 5.75 Å². The van der Waals surface area contributed by atoms with Crippen LogP contribution in [0.2, 0.25) is 5.02 Å². The van der Waals surface area contributed by atoms with Crippen LogP contribution in [0.15, 0.2) is 52.4 Å². The first-order valence-electron chi connectivity index (χ1n) is 10.1. The van der Waals surface area contributed by atoms with Crippen LogP contribution in [-0.2, 0) is 11.3 Å². The van der Waals surface area contributed by atoms with Crippen molar-refractivity contribution in [2.45, 2.75) is 37.2 Å². The smallest absolute Gasteiger partial charge is 0.262 e. The number of aryl methyl sites for hydroxylation is 1. The van der Waals surface area contributed by atoms with Crippen LogP contribution in [0.4, 0.5) is 5.69 Å². The van der Waals surface area contributed by atoms with Crippen LogP contribution in [0.1, 0.15) is 20.3 Å². The number of benzene rings is 2. The van der Waals surface area contributed by atoms with Crippen molar-refractivity contribution >= 4 is 51.6 Å². The summed E-state index contributed by atoms with van der Waals surface area (Å²) in [6.07, 6.45) is 0.781. The van der Waals surface area contributed by atoms with Crippen molar-refractivity contribution in [2.75, 3.05) is 12.4 Å². The van der Waals surface area contributed by atoms with Crippen molar-refractivity contribution in [2.24, 2.45) is 0 Å². The summed E-state index contributed by atoms with van der Waals surface area (Å²) in [4.78, 5) is 25.8. The molecule has 1 amide bonds. The molecule has 2 aromatic heterocycles. The van der Waals surface area contributed by atoms with E-state index in [0.717, 1.165) is 6.42 Å². The third kappa shape index (κ3) is 4.05. The highest BCUT2D eigenvalue weighted by Crippen LogP contribution is 2.30. The molecule has 0 aliphatic heterocycles. The summed E-state index contributed by atoms with van der Waals surface area (Å²) in [5.41, 5.74) is 1.10. The normalized spacial score (nSPS) is 12.2. The minimum absolute atomic E-state index is 0.0993. The van der Waals surface area contributed by atoms with Gasteiger partial charge >= 0.3 is 0 Å². The lowest BCUT2D eigenvalue weighted by atomic mass is 10.2. The Hall–Kier alpha value is -3.04. The van der Waals surface area contributed by atoms with E-state index >= 15 is 0 Å². The molecule has 2 heterocycles. The number of ether oxygens (including phenoxy) is 1. The molecule has 1 atom stereocenters. The van der Waals surface area contributed by atoms with Crippen LogP contribution in [0, 0.1) is 0 Å². The number of para-hydroxylation sites is 1. The van der Waals surface area contributed by atoms with Gasteiger partial charge in [-0.3, -0.25) is 18.6 Å². The Bertz CT molecular complexity index is 1370. The van der Waals surface area contributed by atoms with Gasteiger partial charge in [0.05, 0.1) is 29.0 Å². The summed E-state index contributed by atoms with van der Waals surface area (Å²) in [6.45, 7) is 4.31. The van der Waals surface area contributed by atoms with E-state index in [1.807, 2.05) is 29.5 Å². The highest BCUT2D eigenvalue weighted by atomic mass is 35.5. The maximum absolute atomic E-state index is 13.0. The Morgan fingerprint density at radius 2 is 2.03 bits per heavy atom. The molecule has 0 bridgehead atoms. The number of anilines is 1. The molecule has 32 heavy (non-hydrogen) atoms. The Labute approximate surface area is 193 Å². The van der Waals surface area contributed by atoms with Gasteiger partial charge in [-0.05, 0) is 43.7 Å². The van der Waals surface area contributed by atoms with Crippen LogP contribution in [0.5, 0.6) is 5.75 Å². The van der Waals surface area contributed by atoms with Gasteiger partial charge in [-0.25, -0.2) is 0 Å². The summed E-state index contributed by atoms with van der Waals surface area (Å²) in [7, 11) is 1.53. The number of carbonyl (C=O) groups excluding carboxylic acids is 1. The Kier molecular flexibility index (Phi) is 6.38. The average Bonchev–Trinajstić information content (AvgIpc) is 3.20. The Balaban J connectivity index is 1.70. The standard InChI is InChI=1S/C22H22ClN5O3S/c1-4-11-27-20(30)15-7-5-6-8-17(15)28-21(27)25-26-22(28)32-13(2)19(29)24-16-12-14(23)9-10-18(16)31-3/h5-10,12-13H,4,11H2,1-3H3,(H,24,29)/t13-/m1/s1. The van der Waals surface area contributed by atoms with Gasteiger partial charge in [-0.1, -0.05) is 42.4 Å². The number of aromatic nitrogens is 4. The van der Waals surface area contributed by atoms with Gasteiger partial charge in [-0.2, -0.15) is 0 Å². The van der Waals surface area contributed by atoms with E-state index in [1.54, 1.807) is 35.8 Å². The molecule has 4 aromatic rings. The van der Waals surface area contributed by atoms with E-state index < -0.39 is 5.25 Å². The second-order valence-corrected chi connectivity index (χ2v) is 8.93. The van der Waals surface area contributed by atoms with Crippen molar-refractivity contribution in [3.63, 3.8) is 0 Å². The molecular weight excluding hydrogens is 450 g/mol. The van der Waals surface area contributed by atoms with E-state index in [-0.39, 0.29) is 11.5 Å². The summed E-state index contributed by atoms with van der Waals surface area (Å²) >= 11 is 7.32. The highest BCUT2D eigenvalue weighted by molar-refractivity contribution is 8.00. The summed E-state index contributed by atoms with van der Waals surface area (Å²) in [6, 6.07) is 12.4. The second-order valence-electron chi connectivity index (χ2n) is 7.19. The maximum atomic E-state index is 13.0. The Morgan fingerprint density at radius 3 is 2.78 bits per heavy atom. The first-order valence-corrected chi connectivity index (χ1v) is 11.4. The third-order valence-corrected chi connectivity index (χ3v) is 6.27. The van der Waals surface area contributed by atoms with Crippen molar-refractivity contribution in [1.82, 2.24) is 19.2 Å². The molecule has 0 saturated carbocycles. The zero-order valence-electron chi connectivity index (χ0n) is 17.8. The number of rotatable bonds is 7. The van der Waals surface area contributed by atoms with Crippen molar-refractivity contribution in [3.05, 3.63) is 57.8 Å². The number of fused-ring (bicyclic) bond motifs is 3. The molecule has 4 rings (SSSR count). The Morgan fingerprint density at radius 1 is 1.25 bits per heavy atom. The molecular formula is C22H22ClN5O3S. The van der Waals surface area contributed by atoms with Gasteiger partial charge in [0.15, 0.2) is 5.16 Å². The molecule has 0 saturated heterocycles. The van der Waals surface area contributed by atoms with Crippen LogP contribution >= 0.6 is 23.4 Å². The van der Waals surface area contributed by atoms with E-state index in [1.165, 1.54) is 18.9 Å². The number of hydrogen-bond donors (Lipinski definition) is 1. The number of nitrogens with one attached hydrogen (secondary N) is 1.